The molecule has 0 bridgehead atoms. The van der Waals surface area contributed by atoms with E-state index in [2.05, 4.69) is 26.3 Å². The molecule has 0 atom stereocenters. The van der Waals surface area contributed by atoms with Crippen LogP contribution in [0.4, 0.5) is 0 Å². The van der Waals surface area contributed by atoms with Gasteiger partial charge < -0.3 is 5.32 Å². The van der Waals surface area contributed by atoms with E-state index in [4.69, 9.17) is 0 Å². The van der Waals surface area contributed by atoms with Gasteiger partial charge in [-0.25, -0.2) is 4.68 Å². The van der Waals surface area contributed by atoms with Crippen LogP contribution in [-0.4, -0.2) is 16.3 Å². The Morgan fingerprint density at radius 3 is 2.88 bits per heavy atom. The van der Waals surface area contributed by atoms with Gasteiger partial charge in [-0.05, 0) is 41.0 Å². The molecule has 0 saturated heterocycles. The molecule has 2 aromatic rings. The van der Waals surface area contributed by atoms with Gasteiger partial charge >= 0.3 is 0 Å². The quantitative estimate of drug-likeness (QED) is 0.839. The first kappa shape index (κ1) is 10.8. The number of nitrogens with one attached hydrogen (secondary N) is 2. The number of aromatic nitrogens is 2. The second kappa shape index (κ2) is 4.16. The van der Waals surface area contributed by atoms with Crippen LogP contribution >= 0.6 is 15.9 Å². The van der Waals surface area contributed by atoms with Gasteiger partial charge in [0.1, 0.15) is 0 Å². The predicted octanol–water partition coefficient (Wildman–Crippen LogP) is 1.57. The fourth-order valence-corrected chi connectivity index (χ4v) is 2.61. The topological polar surface area (TPSA) is 49.8 Å². The third-order valence-corrected chi connectivity index (χ3v) is 3.69. The second-order valence-corrected chi connectivity index (χ2v) is 4.94. The second-order valence-electron chi connectivity index (χ2n) is 4.09. The molecule has 1 aliphatic heterocycles. The lowest BCUT2D eigenvalue weighted by Crippen LogP contribution is -2.26. The molecule has 88 valence electrons. The minimum atomic E-state index is 0.0633. The minimum Gasteiger partial charge on any atom is -0.311 e. The molecular formula is C12H12BrN3O. The number of H-pyrrole nitrogens is 1. The van der Waals surface area contributed by atoms with E-state index in [-0.39, 0.29) is 5.56 Å². The Morgan fingerprint density at radius 2 is 2.12 bits per heavy atom. The Balaban J connectivity index is 2.20. The first-order valence-electron chi connectivity index (χ1n) is 5.56. The maximum atomic E-state index is 12.2. The average Bonchev–Trinajstić information content (AvgIpc) is 2.68. The van der Waals surface area contributed by atoms with Crippen LogP contribution in [0.5, 0.6) is 0 Å². The third kappa shape index (κ3) is 1.75. The monoisotopic (exact) mass is 293 g/mol. The van der Waals surface area contributed by atoms with E-state index in [1.54, 1.807) is 4.68 Å². The van der Waals surface area contributed by atoms with E-state index in [0.717, 1.165) is 40.9 Å². The highest BCUT2D eigenvalue weighted by Crippen LogP contribution is 2.19. The molecule has 0 saturated carbocycles. The molecule has 1 aromatic carbocycles. The van der Waals surface area contributed by atoms with E-state index in [1.807, 2.05) is 24.3 Å². The Hall–Kier alpha value is -1.33. The van der Waals surface area contributed by atoms with Crippen molar-refractivity contribution >= 4 is 15.9 Å². The van der Waals surface area contributed by atoms with Gasteiger partial charge in [0.15, 0.2) is 0 Å². The molecule has 2 heterocycles. The van der Waals surface area contributed by atoms with E-state index in [1.165, 1.54) is 0 Å². The molecule has 0 aliphatic carbocycles. The van der Waals surface area contributed by atoms with Crippen molar-refractivity contribution in [3.8, 4) is 5.69 Å². The van der Waals surface area contributed by atoms with E-state index >= 15 is 0 Å². The van der Waals surface area contributed by atoms with Crippen molar-refractivity contribution in [2.24, 2.45) is 0 Å². The van der Waals surface area contributed by atoms with Gasteiger partial charge in [-0.1, -0.05) is 12.1 Å². The van der Waals surface area contributed by atoms with E-state index < -0.39 is 0 Å². The Kier molecular flexibility index (Phi) is 2.64. The summed E-state index contributed by atoms with van der Waals surface area (Å²) in [6, 6.07) is 7.70. The van der Waals surface area contributed by atoms with E-state index in [9.17, 15) is 4.79 Å². The standard InChI is InChI=1S/C12H12BrN3O/c13-9-3-1-2-4-11(9)16-12(17)8-5-6-14-7-10(8)15-16/h1-4,14-15H,5-7H2. The summed E-state index contributed by atoms with van der Waals surface area (Å²) in [6.07, 6.45) is 0.794. The lowest BCUT2D eigenvalue weighted by atomic mass is 10.1. The predicted molar refractivity (Wildman–Crippen MR) is 69.5 cm³/mol. The zero-order valence-corrected chi connectivity index (χ0v) is 10.8. The van der Waals surface area contributed by atoms with Crippen LogP contribution in [0.3, 0.4) is 0 Å². The summed E-state index contributed by atoms with van der Waals surface area (Å²) in [4.78, 5) is 12.2. The molecule has 1 aromatic heterocycles. The number of hydrogen-bond donors (Lipinski definition) is 2. The van der Waals surface area contributed by atoms with Crippen molar-refractivity contribution in [3.63, 3.8) is 0 Å². The molecular weight excluding hydrogens is 282 g/mol. The first-order valence-corrected chi connectivity index (χ1v) is 6.35. The number of rotatable bonds is 1. The maximum Gasteiger partial charge on any atom is 0.274 e. The van der Waals surface area contributed by atoms with Crippen LogP contribution in [0, 0.1) is 0 Å². The zero-order chi connectivity index (χ0) is 11.8. The van der Waals surface area contributed by atoms with Crippen molar-refractivity contribution in [1.82, 2.24) is 15.1 Å². The van der Waals surface area contributed by atoms with Gasteiger partial charge in [-0.15, -0.1) is 0 Å². The SMILES string of the molecule is O=c1c2c([nH]n1-c1ccccc1Br)CNCC2. The molecule has 4 nitrogen and oxygen atoms in total. The fourth-order valence-electron chi connectivity index (χ4n) is 2.15. The van der Waals surface area contributed by atoms with E-state index in [0.29, 0.717) is 0 Å². The van der Waals surface area contributed by atoms with Crippen molar-refractivity contribution in [2.75, 3.05) is 6.54 Å². The Bertz CT molecular complexity index is 614. The van der Waals surface area contributed by atoms with Crippen LogP contribution in [0.15, 0.2) is 33.5 Å². The summed E-state index contributed by atoms with van der Waals surface area (Å²) in [6.45, 7) is 1.61. The molecule has 3 rings (SSSR count). The van der Waals surface area contributed by atoms with Gasteiger partial charge in [0.05, 0.1) is 11.4 Å². The number of hydrogen-bond acceptors (Lipinski definition) is 2. The summed E-state index contributed by atoms with van der Waals surface area (Å²) in [5.74, 6) is 0. The molecule has 5 heteroatoms. The largest absolute Gasteiger partial charge is 0.311 e. The molecule has 0 spiro atoms. The highest BCUT2D eigenvalue weighted by atomic mass is 79.9. The van der Waals surface area contributed by atoms with Crippen LogP contribution < -0.4 is 10.9 Å². The number of aromatic amines is 1. The normalized spacial score (nSPS) is 14.6. The van der Waals surface area contributed by atoms with Gasteiger partial charge in [-0.2, -0.15) is 0 Å². The summed E-state index contributed by atoms with van der Waals surface area (Å²) < 4.78 is 2.52. The smallest absolute Gasteiger partial charge is 0.274 e. The van der Waals surface area contributed by atoms with Crippen LogP contribution in [0.2, 0.25) is 0 Å². The molecule has 0 unspecified atom stereocenters. The number of nitrogens with zero attached hydrogens (tertiary/aromatic N) is 1. The van der Waals surface area contributed by atoms with Gasteiger partial charge in [0.25, 0.3) is 5.56 Å². The molecule has 0 amide bonds. The molecule has 17 heavy (non-hydrogen) atoms. The number of benzene rings is 1. The summed E-state index contributed by atoms with van der Waals surface area (Å²) in [7, 11) is 0. The Morgan fingerprint density at radius 1 is 1.29 bits per heavy atom. The lowest BCUT2D eigenvalue weighted by molar-refractivity contribution is 0.629. The zero-order valence-electron chi connectivity index (χ0n) is 9.16. The van der Waals surface area contributed by atoms with Gasteiger partial charge in [-0.3, -0.25) is 9.89 Å². The summed E-state index contributed by atoms with van der Waals surface area (Å²) in [5.41, 5.74) is 2.82. The fraction of sp³-hybridized carbons (Fsp3) is 0.250. The van der Waals surface area contributed by atoms with Crippen molar-refractivity contribution in [1.29, 1.82) is 0 Å². The highest BCUT2D eigenvalue weighted by Gasteiger charge is 2.18. The van der Waals surface area contributed by atoms with Crippen LogP contribution in [0.1, 0.15) is 11.3 Å². The van der Waals surface area contributed by atoms with Crippen molar-refractivity contribution < 1.29 is 0 Å². The number of para-hydroxylation sites is 1. The van der Waals surface area contributed by atoms with Gasteiger partial charge in [0, 0.05) is 16.6 Å². The van der Waals surface area contributed by atoms with Gasteiger partial charge in [0.2, 0.25) is 0 Å². The lowest BCUT2D eigenvalue weighted by Gasteiger charge is -2.09. The van der Waals surface area contributed by atoms with Crippen LogP contribution in [0.25, 0.3) is 5.69 Å². The molecule has 0 fully saturated rings. The van der Waals surface area contributed by atoms with Crippen LogP contribution in [-0.2, 0) is 13.0 Å². The molecule has 0 radical (unpaired) electrons. The highest BCUT2D eigenvalue weighted by molar-refractivity contribution is 9.10. The molecule has 1 aliphatic rings. The summed E-state index contributed by atoms with van der Waals surface area (Å²) >= 11 is 3.47. The Labute approximate surface area is 107 Å². The third-order valence-electron chi connectivity index (χ3n) is 3.02. The molecule has 2 N–H and O–H groups in total. The maximum absolute atomic E-state index is 12.2. The van der Waals surface area contributed by atoms with Crippen molar-refractivity contribution in [2.45, 2.75) is 13.0 Å². The minimum absolute atomic E-state index is 0.0633. The summed E-state index contributed by atoms with van der Waals surface area (Å²) in [5, 5.41) is 6.42. The average molecular weight is 294 g/mol. The number of halogens is 1. The van der Waals surface area contributed by atoms with Crippen molar-refractivity contribution in [3.05, 3.63) is 50.3 Å². The number of fused-ring (bicyclic) bond motifs is 1. The first-order chi connectivity index (χ1) is 8.27.